The van der Waals surface area contributed by atoms with Crippen molar-refractivity contribution in [3.8, 4) is 0 Å². The van der Waals surface area contributed by atoms with Gasteiger partial charge in [-0.2, -0.15) is 5.10 Å². The van der Waals surface area contributed by atoms with Gasteiger partial charge in [-0.3, -0.25) is 9.48 Å². The molecule has 114 valence electrons. The zero-order chi connectivity index (χ0) is 15.3. The van der Waals surface area contributed by atoms with Crippen LogP contribution in [-0.2, 0) is 4.79 Å². The lowest BCUT2D eigenvalue weighted by atomic mass is 10.3. The van der Waals surface area contributed by atoms with E-state index in [0.29, 0.717) is 12.2 Å². The van der Waals surface area contributed by atoms with E-state index in [4.69, 9.17) is 0 Å². The highest BCUT2D eigenvalue weighted by molar-refractivity contribution is 5.79. The zero-order valence-corrected chi connectivity index (χ0v) is 12.4. The maximum Gasteiger partial charge on any atom is 0.282 e. The molecule has 1 atom stereocenters. The Bertz CT molecular complexity index is 446. The second kappa shape index (κ2) is 7.33. The molecular formula is C13H22F2N4O. The average molecular weight is 288 g/mol. The smallest absolute Gasteiger partial charge is 0.282 e. The number of hydrogen-bond donors (Lipinski definition) is 1. The summed E-state index contributed by atoms with van der Waals surface area (Å²) in [6, 6.07) is 0.711. The maximum absolute atomic E-state index is 12.6. The van der Waals surface area contributed by atoms with E-state index in [-0.39, 0.29) is 11.6 Å². The molecule has 0 aliphatic heterocycles. The number of aromatic nitrogens is 2. The lowest BCUT2D eigenvalue weighted by Crippen LogP contribution is -2.33. The van der Waals surface area contributed by atoms with Crippen LogP contribution in [0.3, 0.4) is 0 Å². The molecule has 1 amide bonds. The van der Waals surface area contributed by atoms with E-state index in [0.717, 1.165) is 13.0 Å². The lowest BCUT2D eigenvalue weighted by molar-refractivity contribution is -0.124. The van der Waals surface area contributed by atoms with Crippen molar-refractivity contribution in [2.45, 2.75) is 32.7 Å². The molecule has 0 spiro atoms. The van der Waals surface area contributed by atoms with E-state index in [1.165, 1.54) is 10.7 Å². The minimum absolute atomic E-state index is 0.212. The number of aryl methyl sites for hydroxylation is 1. The Hall–Kier alpha value is -1.50. The molecule has 0 fully saturated rings. The number of carbonyl (C=O) groups excluding carboxylic acids is 1. The molecule has 1 heterocycles. The number of carbonyl (C=O) groups is 1. The van der Waals surface area contributed by atoms with E-state index in [1.54, 1.807) is 13.8 Å². The SMILES string of the molecule is Cc1cc(C(F)F)nn1C(C)C(=O)NCCCN(C)C. The third-order valence-corrected chi connectivity index (χ3v) is 2.99. The van der Waals surface area contributed by atoms with Crippen molar-refractivity contribution in [3.05, 3.63) is 17.5 Å². The first kappa shape index (κ1) is 16.6. The Kier molecular flexibility index (Phi) is 6.06. The van der Waals surface area contributed by atoms with Gasteiger partial charge in [-0.1, -0.05) is 0 Å². The fourth-order valence-electron chi connectivity index (χ4n) is 1.88. The summed E-state index contributed by atoms with van der Waals surface area (Å²) in [7, 11) is 3.92. The van der Waals surface area contributed by atoms with E-state index < -0.39 is 12.5 Å². The van der Waals surface area contributed by atoms with Crippen LogP contribution in [0, 0.1) is 6.92 Å². The van der Waals surface area contributed by atoms with Crippen LogP contribution >= 0.6 is 0 Å². The average Bonchev–Trinajstić information content (AvgIpc) is 2.75. The highest BCUT2D eigenvalue weighted by Gasteiger charge is 2.20. The van der Waals surface area contributed by atoms with Crippen molar-refractivity contribution >= 4 is 5.91 Å². The summed E-state index contributed by atoms with van der Waals surface area (Å²) in [5, 5.41) is 6.57. The monoisotopic (exact) mass is 288 g/mol. The zero-order valence-electron chi connectivity index (χ0n) is 12.4. The second-order valence-electron chi connectivity index (χ2n) is 5.08. The number of rotatable bonds is 7. The van der Waals surface area contributed by atoms with Crippen molar-refractivity contribution in [1.29, 1.82) is 0 Å². The molecule has 0 saturated carbocycles. The molecule has 1 rings (SSSR count). The van der Waals surface area contributed by atoms with Gasteiger partial charge in [-0.05, 0) is 47.0 Å². The molecule has 0 aromatic carbocycles. The molecule has 0 radical (unpaired) electrons. The maximum atomic E-state index is 12.6. The van der Waals surface area contributed by atoms with E-state index in [1.807, 2.05) is 19.0 Å². The van der Waals surface area contributed by atoms with Gasteiger partial charge in [0.1, 0.15) is 11.7 Å². The highest BCUT2D eigenvalue weighted by Crippen LogP contribution is 2.20. The highest BCUT2D eigenvalue weighted by atomic mass is 19.3. The van der Waals surface area contributed by atoms with Gasteiger partial charge >= 0.3 is 0 Å². The van der Waals surface area contributed by atoms with Crippen molar-refractivity contribution in [2.24, 2.45) is 0 Å². The molecule has 0 bridgehead atoms. The fraction of sp³-hybridized carbons (Fsp3) is 0.692. The Morgan fingerprint density at radius 1 is 1.50 bits per heavy atom. The molecule has 0 aliphatic carbocycles. The van der Waals surface area contributed by atoms with Crippen LogP contribution in [0.1, 0.15) is 37.2 Å². The number of hydrogen-bond acceptors (Lipinski definition) is 3. The predicted molar refractivity (Wildman–Crippen MR) is 72.8 cm³/mol. The van der Waals surface area contributed by atoms with Crippen LogP contribution in [-0.4, -0.2) is 47.8 Å². The van der Waals surface area contributed by atoms with Crippen LogP contribution in [0.5, 0.6) is 0 Å². The lowest BCUT2D eigenvalue weighted by Gasteiger charge is -2.15. The van der Waals surface area contributed by atoms with Crippen LogP contribution in [0.4, 0.5) is 8.78 Å². The Morgan fingerprint density at radius 2 is 2.15 bits per heavy atom. The number of alkyl halides is 2. The van der Waals surface area contributed by atoms with Crippen molar-refractivity contribution in [1.82, 2.24) is 20.0 Å². The summed E-state index contributed by atoms with van der Waals surface area (Å²) in [5.74, 6) is -0.212. The molecular weight excluding hydrogens is 266 g/mol. The summed E-state index contributed by atoms with van der Waals surface area (Å²) < 4.78 is 26.5. The largest absolute Gasteiger partial charge is 0.354 e. The summed E-state index contributed by atoms with van der Waals surface area (Å²) >= 11 is 0. The first-order valence-corrected chi connectivity index (χ1v) is 6.59. The predicted octanol–water partition coefficient (Wildman–Crippen LogP) is 1.76. The normalized spacial score (nSPS) is 13.0. The number of nitrogens with zero attached hydrogens (tertiary/aromatic N) is 3. The first-order valence-electron chi connectivity index (χ1n) is 6.59. The third-order valence-electron chi connectivity index (χ3n) is 2.99. The van der Waals surface area contributed by atoms with Gasteiger partial charge in [0, 0.05) is 12.2 Å². The molecule has 0 saturated heterocycles. The van der Waals surface area contributed by atoms with Gasteiger partial charge in [-0.15, -0.1) is 0 Å². The topological polar surface area (TPSA) is 50.2 Å². The Labute approximate surface area is 117 Å². The van der Waals surface area contributed by atoms with Gasteiger partial charge in [0.15, 0.2) is 0 Å². The number of nitrogens with one attached hydrogen (secondary N) is 1. The van der Waals surface area contributed by atoms with Crippen molar-refractivity contribution in [3.63, 3.8) is 0 Å². The van der Waals surface area contributed by atoms with Gasteiger partial charge < -0.3 is 10.2 Å². The first-order chi connectivity index (χ1) is 9.32. The molecule has 1 unspecified atom stereocenters. The standard InChI is InChI=1S/C13H22F2N4O/c1-9-8-11(12(14)15)17-19(9)10(2)13(20)16-6-5-7-18(3)4/h8,10,12H,5-7H2,1-4H3,(H,16,20). The van der Waals surface area contributed by atoms with Crippen LogP contribution in [0.25, 0.3) is 0 Å². The molecule has 5 nitrogen and oxygen atoms in total. The second-order valence-corrected chi connectivity index (χ2v) is 5.08. The minimum atomic E-state index is -2.62. The van der Waals surface area contributed by atoms with Crippen LogP contribution in [0.15, 0.2) is 6.07 Å². The Balaban J connectivity index is 2.56. The molecule has 1 aromatic rings. The molecule has 1 aromatic heterocycles. The van der Waals surface area contributed by atoms with E-state index in [2.05, 4.69) is 10.4 Å². The fourth-order valence-corrected chi connectivity index (χ4v) is 1.88. The minimum Gasteiger partial charge on any atom is -0.354 e. The summed E-state index contributed by atoms with van der Waals surface area (Å²) in [6.45, 7) is 4.75. The van der Waals surface area contributed by atoms with Gasteiger partial charge in [0.2, 0.25) is 5.91 Å². The molecule has 20 heavy (non-hydrogen) atoms. The number of halogens is 2. The van der Waals surface area contributed by atoms with Crippen molar-refractivity contribution < 1.29 is 13.6 Å². The van der Waals surface area contributed by atoms with Gasteiger partial charge in [-0.25, -0.2) is 8.78 Å². The summed E-state index contributed by atoms with van der Waals surface area (Å²) in [5.41, 5.74) is 0.256. The Morgan fingerprint density at radius 3 is 2.65 bits per heavy atom. The van der Waals surface area contributed by atoms with Gasteiger partial charge in [0.05, 0.1) is 0 Å². The van der Waals surface area contributed by atoms with E-state index in [9.17, 15) is 13.6 Å². The van der Waals surface area contributed by atoms with Crippen LogP contribution < -0.4 is 5.32 Å². The molecule has 1 N–H and O–H groups in total. The van der Waals surface area contributed by atoms with Crippen LogP contribution in [0.2, 0.25) is 0 Å². The summed E-state index contributed by atoms with van der Waals surface area (Å²) in [4.78, 5) is 14.0. The summed E-state index contributed by atoms with van der Waals surface area (Å²) in [6.07, 6.45) is -1.78. The van der Waals surface area contributed by atoms with E-state index >= 15 is 0 Å². The molecule has 0 aliphatic rings. The quantitative estimate of drug-likeness (QED) is 0.778. The van der Waals surface area contributed by atoms with Gasteiger partial charge in [0.25, 0.3) is 6.43 Å². The molecule has 7 heteroatoms. The van der Waals surface area contributed by atoms with Crippen molar-refractivity contribution in [2.75, 3.05) is 27.2 Å². The third kappa shape index (κ3) is 4.56. The number of amides is 1.